The van der Waals surface area contributed by atoms with Crippen LogP contribution in [0.2, 0.25) is 0 Å². The summed E-state index contributed by atoms with van der Waals surface area (Å²) in [4.78, 5) is 16.2. The van der Waals surface area contributed by atoms with Crippen molar-refractivity contribution < 1.29 is 0 Å². The van der Waals surface area contributed by atoms with Gasteiger partial charge >= 0.3 is 0 Å². The molecule has 12 aromatic rings. The maximum atomic E-state index is 5.51. The fraction of sp³-hybridized carbons (Fsp3) is 0. The van der Waals surface area contributed by atoms with E-state index in [-0.39, 0.29) is 0 Å². The van der Waals surface area contributed by atoms with Crippen LogP contribution in [0.5, 0.6) is 0 Å². The number of para-hydroxylation sites is 1. The second-order valence-electron chi connectivity index (χ2n) is 15.2. The quantitative estimate of drug-likeness (QED) is 0.158. The molecule has 12 rings (SSSR count). The molecule has 0 bridgehead atoms. The van der Waals surface area contributed by atoms with Gasteiger partial charge in [0.25, 0.3) is 0 Å². The van der Waals surface area contributed by atoms with E-state index in [0.29, 0.717) is 5.82 Å². The molecular weight excluding hydrogens is 731 g/mol. The van der Waals surface area contributed by atoms with E-state index in [1.165, 1.54) is 16.2 Å². The van der Waals surface area contributed by atoms with E-state index < -0.39 is 0 Å². The minimum atomic E-state index is 0.688. The molecule has 5 heteroatoms. The van der Waals surface area contributed by atoms with E-state index in [1.54, 1.807) is 0 Å². The summed E-state index contributed by atoms with van der Waals surface area (Å²) in [5.41, 5.74) is 11.4. The van der Waals surface area contributed by atoms with Gasteiger partial charge in [-0.1, -0.05) is 188 Å². The van der Waals surface area contributed by atoms with Crippen molar-refractivity contribution in [3.63, 3.8) is 0 Å². The molecule has 0 aliphatic rings. The van der Waals surface area contributed by atoms with Crippen LogP contribution in [-0.4, -0.2) is 23.9 Å². The summed E-state index contributed by atoms with van der Waals surface area (Å²) < 4.78 is 4.59. The second kappa shape index (κ2) is 13.8. The van der Waals surface area contributed by atoms with E-state index in [4.69, 9.17) is 15.0 Å². The minimum absolute atomic E-state index is 0.688. The standard InChI is InChI=1S/C55H35N5/c1-4-18-36(19-5-1)50-47-32-14-15-33-48(47)55-58-52(37-20-6-2-7-21-37)57-54(60(50)55)41-25-17-23-39(35-41)38-22-16-24-40(34-38)53-56-49-45-30-12-10-28-43(45)44-29-11-13-31-46(44)51(49)59(53)42-26-8-3-9-27-42/h1-35H. The van der Waals surface area contributed by atoms with Crippen molar-refractivity contribution in [1.29, 1.82) is 0 Å². The Hall–Kier alpha value is -8.15. The van der Waals surface area contributed by atoms with E-state index in [9.17, 15) is 0 Å². The monoisotopic (exact) mass is 765 g/mol. The summed E-state index contributed by atoms with van der Waals surface area (Å²) in [7, 11) is 0. The lowest BCUT2D eigenvalue weighted by Gasteiger charge is -2.14. The molecule has 0 atom stereocenters. The molecule has 3 aromatic heterocycles. The fourth-order valence-electron chi connectivity index (χ4n) is 9.02. The summed E-state index contributed by atoms with van der Waals surface area (Å²) in [6.07, 6.45) is 0. The van der Waals surface area contributed by atoms with Crippen LogP contribution in [0.15, 0.2) is 212 Å². The molecule has 0 fully saturated rings. The topological polar surface area (TPSA) is 48.0 Å². The zero-order valence-corrected chi connectivity index (χ0v) is 32.4. The Morgan fingerprint density at radius 1 is 0.317 bits per heavy atom. The molecule has 0 N–H and O–H groups in total. The molecule has 9 aromatic carbocycles. The molecule has 60 heavy (non-hydrogen) atoms. The molecule has 0 saturated carbocycles. The highest BCUT2D eigenvalue weighted by molar-refractivity contribution is 6.24. The van der Waals surface area contributed by atoms with Gasteiger partial charge in [0, 0.05) is 43.9 Å². The molecule has 0 spiro atoms. The second-order valence-corrected chi connectivity index (χ2v) is 15.2. The van der Waals surface area contributed by atoms with Crippen molar-refractivity contribution in [3.8, 4) is 62.2 Å². The fourth-order valence-corrected chi connectivity index (χ4v) is 9.02. The zero-order valence-electron chi connectivity index (χ0n) is 32.4. The van der Waals surface area contributed by atoms with E-state index in [2.05, 4.69) is 203 Å². The largest absolute Gasteiger partial charge is 0.292 e. The Kier molecular flexibility index (Phi) is 7.78. The molecule has 0 aliphatic carbocycles. The number of rotatable bonds is 6. The van der Waals surface area contributed by atoms with Gasteiger partial charge in [-0.2, -0.15) is 0 Å². The molecule has 0 aliphatic heterocycles. The van der Waals surface area contributed by atoms with Crippen LogP contribution in [0.3, 0.4) is 0 Å². The lowest BCUT2D eigenvalue weighted by Crippen LogP contribution is -2.03. The summed E-state index contributed by atoms with van der Waals surface area (Å²) in [5, 5.41) is 6.96. The van der Waals surface area contributed by atoms with Gasteiger partial charge in [-0.15, -0.1) is 0 Å². The lowest BCUT2D eigenvalue weighted by atomic mass is 10.00. The van der Waals surface area contributed by atoms with Crippen molar-refractivity contribution in [2.45, 2.75) is 0 Å². The van der Waals surface area contributed by atoms with Crippen molar-refractivity contribution in [2.75, 3.05) is 0 Å². The molecule has 3 heterocycles. The van der Waals surface area contributed by atoms with Gasteiger partial charge in [0.15, 0.2) is 5.82 Å². The molecule has 0 saturated heterocycles. The summed E-state index contributed by atoms with van der Waals surface area (Å²) >= 11 is 0. The number of nitrogens with zero attached hydrogens (tertiary/aromatic N) is 5. The molecule has 5 nitrogen and oxygen atoms in total. The maximum Gasteiger partial charge on any atom is 0.163 e. The van der Waals surface area contributed by atoms with Crippen LogP contribution >= 0.6 is 0 Å². The third-order valence-corrected chi connectivity index (χ3v) is 11.7. The first-order chi connectivity index (χ1) is 29.8. The average molecular weight is 766 g/mol. The van der Waals surface area contributed by atoms with Crippen LogP contribution in [0.1, 0.15) is 0 Å². The van der Waals surface area contributed by atoms with E-state index in [0.717, 1.165) is 89.3 Å². The first-order valence-corrected chi connectivity index (χ1v) is 20.3. The first kappa shape index (κ1) is 33.9. The molecule has 0 unspecified atom stereocenters. The highest BCUT2D eigenvalue weighted by Gasteiger charge is 2.23. The van der Waals surface area contributed by atoms with Crippen molar-refractivity contribution in [1.82, 2.24) is 23.9 Å². The maximum absolute atomic E-state index is 5.51. The lowest BCUT2D eigenvalue weighted by molar-refractivity contribution is 1.05. The van der Waals surface area contributed by atoms with Gasteiger partial charge in [0.05, 0.1) is 16.7 Å². The predicted molar refractivity (Wildman–Crippen MR) is 247 cm³/mol. The highest BCUT2D eigenvalue weighted by atomic mass is 15.1. The van der Waals surface area contributed by atoms with Gasteiger partial charge in [-0.3, -0.25) is 8.97 Å². The van der Waals surface area contributed by atoms with Crippen LogP contribution in [-0.2, 0) is 0 Å². The third kappa shape index (κ3) is 5.37. The first-order valence-electron chi connectivity index (χ1n) is 20.3. The SMILES string of the molecule is c1ccc(-c2nc(-c3cccc(-c4cccc(-c5nc6c7ccccc7c7ccccc7c6n5-c5ccccc5)c4)c3)n3c(-c4ccccc4)c4ccccc4c3n2)cc1. The molecule has 0 radical (unpaired) electrons. The van der Waals surface area contributed by atoms with Gasteiger partial charge in [-0.05, 0) is 51.7 Å². The predicted octanol–water partition coefficient (Wildman–Crippen LogP) is 13.9. The minimum Gasteiger partial charge on any atom is -0.292 e. The summed E-state index contributed by atoms with van der Waals surface area (Å²) in [6, 6.07) is 74.8. The number of imidazole rings is 1. The number of aromatic nitrogens is 5. The normalized spacial score (nSPS) is 11.7. The van der Waals surface area contributed by atoms with Gasteiger partial charge in [0.1, 0.15) is 17.3 Å². The highest BCUT2D eigenvalue weighted by Crippen LogP contribution is 2.41. The number of benzene rings is 9. The Morgan fingerprint density at radius 2 is 0.800 bits per heavy atom. The molecule has 280 valence electrons. The third-order valence-electron chi connectivity index (χ3n) is 11.7. The van der Waals surface area contributed by atoms with Crippen LogP contribution in [0.25, 0.3) is 111 Å². The van der Waals surface area contributed by atoms with Gasteiger partial charge in [-0.25, -0.2) is 15.0 Å². The zero-order chi connectivity index (χ0) is 39.6. The Bertz CT molecular complexity index is 3590. The van der Waals surface area contributed by atoms with Crippen molar-refractivity contribution in [2.24, 2.45) is 0 Å². The number of fused-ring (bicyclic) bond motifs is 9. The summed E-state index contributed by atoms with van der Waals surface area (Å²) in [6.45, 7) is 0. The smallest absolute Gasteiger partial charge is 0.163 e. The van der Waals surface area contributed by atoms with Crippen molar-refractivity contribution >= 4 is 49.0 Å². The van der Waals surface area contributed by atoms with Gasteiger partial charge in [0.2, 0.25) is 0 Å². The number of hydrogen-bond acceptors (Lipinski definition) is 3. The summed E-state index contributed by atoms with van der Waals surface area (Å²) in [5.74, 6) is 2.41. The van der Waals surface area contributed by atoms with Crippen LogP contribution < -0.4 is 0 Å². The van der Waals surface area contributed by atoms with Crippen LogP contribution in [0.4, 0.5) is 0 Å². The number of hydrogen-bond donors (Lipinski definition) is 0. The van der Waals surface area contributed by atoms with Gasteiger partial charge < -0.3 is 0 Å². The van der Waals surface area contributed by atoms with E-state index in [1.807, 2.05) is 18.2 Å². The average Bonchev–Trinajstić information content (AvgIpc) is 3.90. The Balaban J connectivity index is 1.08. The Morgan fingerprint density at radius 3 is 1.47 bits per heavy atom. The molecular formula is C55H35N5. The molecule has 0 amide bonds. The van der Waals surface area contributed by atoms with E-state index >= 15 is 0 Å². The van der Waals surface area contributed by atoms with Crippen LogP contribution in [0, 0.1) is 0 Å². The van der Waals surface area contributed by atoms with Crippen molar-refractivity contribution in [3.05, 3.63) is 212 Å². The Labute approximate surface area is 346 Å².